The number of halogens is 1. The summed E-state index contributed by atoms with van der Waals surface area (Å²) in [5.41, 5.74) is 11.8. The van der Waals surface area contributed by atoms with E-state index in [4.69, 9.17) is 4.98 Å². The van der Waals surface area contributed by atoms with Crippen molar-refractivity contribution in [2.45, 2.75) is 88.5 Å². The van der Waals surface area contributed by atoms with E-state index in [1.807, 2.05) is 0 Å². The molecule has 188 valence electrons. The lowest BCUT2D eigenvalue weighted by Crippen LogP contribution is -2.60. The highest BCUT2D eigenvalue weighted by atomic mass is 19.1. The molecule has 2 aromatic rings. The zero-order chi connectivity index (χ0) is 23.7. The molecule has 1 aromatic carbocycles. The van der Waals surface area contributed by atoms with E-state index >= 15 is 0 Å². The van der Waals surface area contributed by atoms with E-state index in [-0.39, 0.29) is 11.8 Å². The molecule has 4 unspecified atom stereocenters. The second kappa shape index (κ2) is 8.54. The monoisotopic (exact) mass is 480 g/mol. The summed E-state index contributed by atoms with van der Waals surface area (Å²) in [6.07, 6.45) is 7.72. The second-order valence-corrected chi connectivity index (χ2v) is 11.5. The molecule has 8 heteroatoms. The maximum absolute atomic E-state index is 14.2. The number of aryl methyl sites for hydroxylation is 1. The third-order valence-electron chi connectivity index (χ3n) is 9.43. The van der Waals surface area contributed by atoms with Crippen molar-refractivity contribution in [3.63, 3.8) is 0 Å². The van der Waals surface area contributed by atoms with Crippen LogP contribution in [0.2, 0.25) is 0 Å². The molecule has 1 aromatic heterocycles. The Morgan fingerprint density at radius 3 is 2.74 bits per heavy atom. The molecule has 4 N–H and O–H groups in total. The summed E-state index contributed by atoms with van der Waals surface area (Å²) in [6, 6.07) is 5.30. The number of aromatic nitrogens is 2. The second-order valence-electron chi connectivity index (χ2n) is 11.5. The zero-order valence-corrected chi connectivity index (χ0v) is 20.6. The fourth-order valence-corrected chi connectivity index (χ4v) is 7.18. The predicted octanol–water partition coefficient (Wildman–Crippen LogP) is 3.12. The van der Waals surface area contributed by atoms with Crippen LogP contribution < -0.4 is 10.9 Å². The van der Waals surface area contributed by atoms with Gasteiger partial charge in [-0.1, -0.05) is 6.92 Å². The fraction of sp³-hybridized carbons (Fsp3) is 0.667. The van der Waals surface area contributed by atoms with Crippen LogP contribution in [0.5, 0.6) is 5.75 Å². The number of hydrazine groups is 1. The van der Waals surface area contributed by atoms with Gasteiger partial charge in [0.1, 0.15) is 5.82 Å². The molecular formula is C27H37FN6O. The molecule has 0 spiro atoms. The van der Waals surface area contributed by atoms with Crippen LogP contribution in [0.25, 0.3) is 0 Å². The number of hydrogen-bond acceptors (Lipinski definition) is 6. The van der Waals surface area contributed by atoms with Crippen LogP contribution in [0, 0.1) is 11.7 Å². The molecule has 4 atom stereocenters. The molecule has 0 amide bonds. The molecule has 5 aliphatic rings. The first kappa shape index (κ1) is 22.2. The first-order valence-electron chi connectivity index (χ1n) is 13.7. The SMILES string of the molecule is CCc1cc(O)c(F)cc1C1CCC2C(C1)NNC2c1nc2c([nH]1)CN(C1CN(C3CC3)C1)CC2. The van der Waals surface area contributed by atoms with Gasteiger partial charge < -0.3 is 10.1 Å². The number of likely N-dealkylation sites (tertiary alicyclic amines) is 1. The van der Waals surface area contributed by atoms with Crippen molar-refractivity contribution >= 4 is 0 Å². The van der Waals surface area contributed by atoms with Crippen molar-refractivity contribution in [2.24, 2.45) is 5.92 Å². The zero-order valence-electron chi connectivity index (χ0n) is 20.6. The van der Waals surface area contributed by atoms with Gasteiger partial charge in [-0.15, -0.1) is 0 Å². The Balaban J connectivity index is 1.02. The van der Waals surface area contributed by atoms with E-state index < -0.39 is 5.82 Å². The molecule has 4 heterocycles. The molecule has 2 aliphatic carbocycles. The van der Waals surface area contributed by atoms with Gasteiger partial charge in [-0.3, -0.25) is 15.2 Å². The summed E-state index contributed by atoms with van der Waals surface area (Å²) in [5, 5.41) is 9.82. The maximum Gasteiger partial charge on any atom is 0.165 e. The van der Waals surface area contributed by atoms with Gasteiger partial charge >= 0.3 is 0 Å². The maximum atomic E-state index is 14.2. The van der Waals surface area contributed by atoms with Crippen LogP contribution in [-0.4, -0.2) is 62.6 Å². The topological polar surface area (TPSA) is 79.4 Å². The third kappa shape index (κ3) is 3.89. The van der Waals surface area contributed by atoms with E-state index in [1.165, 1.54) is 37.3 Å². The minimum atomic E-state index is -0.507. The Morgan fingerprint density at radius 1 is 1.09 bits per heavy atom. The van der Waals surface area contributed by atoms with Crippen LogP contribution in [0.1, 0.15) is 79.3 Å². The van der Waals surface area contributed by atoms with Crippen molar-refractivity contribution in [3.05, 3.63) is 46.3 Å². The number of hydrogen-bond donors (Lipinski definition) is 4. The summed E-state index contributed by atoms with van der Waals surface area (Å²) >= 11 is 0. The molecule has 7 nitrogen and oxygen atoms in total. The Kier molecular flexibility index (Phi) is 5.42. The summed E-state index contributed by atoms with van der Waals surface area (Å²) in [7, 11) is 0. The predicted molar refractivity (Wildman–Crippen MR) is 131 cm³/mol. The highest BCUT2D eigenvalue weighted by Crippen LogP contribution is 2.44. The van der Waals surface area contributed by atoms with Crippen LogP contribution in [-0.2, 0) is 19.4 Å². The number of H-pyrrole nitrogens is 1. The first-order chi connectivity index (χ1) is 17.1. The highest BCUT2D eigenvalue weighted by molar-refractivity contribution is 5.39. The Hall–Kier alpha value is -2.00. The highest BCUT2D eigenvalue weighted by Gasteiger charge is 2.44. The molecule has 0 bridgehead atoms. The van der Waals surface area contributed by atoms with Gasteiger partial charge in [-0.25, -0.2) is 14.8 Å². The lowest BCUT2D eigenvalue weighted by Gasteiger charge is -2.46. The molecule has 7 rings (SSSR count). The Labute approximate surface area is 206 Å². The van der Waals surface area contributed by atoms with E-state index in [0.29, 0.717) is 23.9 Å². The lowest BCUT2D eigenvalue weighted by molar-refractivity contribution is 0.0198. The van der Waals surface area contributed by atoms with E-state index in [2.05, 4.69) is 32.6 Å². The van der Waals surface area contributed by atoms with Crippen molar-refractivity contribution < 1.29 is 9.50 Å². The number of benzene rings is 1. The number of aromatic amines is 1. The first-order valence-corrected chi connectivity index (χ1v) is 13.7. The van der Waals surface area contributed by atoms with Crippen LogP contribution in [0.3, 0.4) is 0 Å². The molecule has 3 aliphatic heterocycles. The minimum absolute atomic E-state index is 0.191. The normalized spacial score (nSPS) is 31.8. The van der Waals surface area contributed by atoms with Gasteiger partial charge in [0.2, 0.25) is 0 Å². The van der Waals surface area contributed by atoms with E-state index in [9.17, 15) is 9.50 Å². The number of aromatic hydroxyl groups is 1. The van der Waals surface area contributed by atoms with Gasteiger partial charge in [-0.05, 0) is 73.6 Å². The number of rotatable bonds is 5. The summed E-state index contributed by atoms with van der Waals surface area (Å²) < 4.78 is 14.2. The number of phenols is 1. The lowest BCUT2D eigenvalue weighted by atomic mass is 9.73. The smallest absolute Gasteiger partial charge is 0.165 e. The summed E-state index contributed by atoms with van der Waals surface area (Å²) in [4.78, 5) is 14.1. The van der Waals surface area contributed by atoms with Gasteiger partial charge in [0.15, 0.2) is 11.6 Å². The molecule has 4 fully saturated rings. The molecule has 2 saturated heterocycles. The molecular weight excluding hydrogens is 443 g/mol. The van der Waals surface area contributed by atoms with Gasteiger partial charge in [0, 0.05) is 50.7 Å². The van der Waals surface area contributed by atoms with Crippen molar-refractivity contribution in [1.82, 2.24) is 30.6 Å². The third-order valence-corrected chi connectivity index (χ3v) is 9.43. The number of fused-ring (bicyclic) bond motifs is 2. The van der Waals surface area contributed by atoms with E-state index in [0.717, 1.165) is 68.2 Å². The molecule has 0 radical (unpaired) electrons. The van der Waals surface area contributed by atoms with Crippen LogP contribution in [0.4, 0.5) is 4.39 Å². The van der Waals surface area contributed by atoms with Crippen LogP contribution >= 0.6 is 0 Å². The van der Waals surface area contributed by atoms with Crippen molar-refractivity contribution in [2.75, 3.05) is 19.6 Å². The molecule has 2 saturated carbocycles. The van der Waals surface area contributed by atoms with Gasteiger partial charge in [-0.2, -0.15) is 0 Å². The average molecular weight is 481 g/mol. The summed E-state index contributed by atoms with van der Waals surface area (Å²) in [6.45, 7) is 6.66. The minimum Gasteiger partial charge on any atom is -0.505 e. The number of nitrogens with zero attached hydrogens (tertiary/aromatic N) is 3. The number of imidazole rings is 1. The molecule has 35 heavy (non-hydrogen) atoms. The van der Waals surface area contributed by atoms with Gasteiger partial charge in [0.05, 0.1) is 17.4 Å². The van der Waals surface area contributed by atoms with Gasteiger partial charge in [0.25, 0.3) is 0 Å². The van der Waals surface area contributed by atoms with Crippen LogP contribution in [0.15, 0.2) is 12.1 Å². The number of nitrogens with one attached hydrogen (secondary N) is 3. The van der Waals surface area contributed by atoms with E-state index in [1.54, 1.807) is 12.1 Å². The largest absolute Gasteiger partial charge is 0.505 e. The Bertz CT molecular complexity index is 1110. The average Bonchev–Trinajstić information content (AvgIpc) is 3.43. The Morgan fingerprint density at radius 2 is 1.94 bits per heavy atom. The summed E-state index contributed by atoms with van der Waals surface area (Å²) in [5.74, 6) is 1.12. The van der Waals surface area contributed by atoms with Crippen molar-refractivity contribution in [1.29, 1.82) is 0 Å². The number of phenolic OH excluding ortho intramolecular Hbond substituents is 1. The van der Waals surface area contributed by atoms with Crippen molar-refractivity contribution in [3.8, 4) is 5.75 Å². The fourth-order valence-electron chi connectivity index (χ4n) is 7.18. The quantitative estimate of drug-likeness (QED) is 0.527. The standard InChI is InChI=1S/C27H37FN6O/c1-2-15-10-25(35)21(28)11-20(15)16-3-6-19-23(9-16)31-32-26(19)27-29-22-7-8-33(14-24(22)30-27)18-12-34(13-18)17-4-5-17/h10-11,16-19,23,26,31-32,35H,2-9,12-14H2,1H3,(H,29,30).